The summed E-state index contributed by atoms with van der Waals surface area (Å²) in [7, 11) is 0. The second-order valence-corrected chi connectivity index (χ2v) is 5.56. The highest BCUT2D eigenvalue weighted by molar-refractivity contribution is 5.17. The van der Waals surface area contributed by atoms with Gasteiger partial charge in [-0.15, -0.1) is 0 Å². The van der Waals surface area contributed by atoms with E-state index in [0.717, 1.165) is 12.5 Å². The van der Waals surface area contributed by atoms with E-state index in [1.54, 1.807) is 0 Å². The highest BCUT2D eigenvalue weighted by Gasteiger charge is 2.21. The maximum Gasteiger partial charge on any atom is 0.0570 e. The van der Waals surface area contributed by atoms with Gasteiger partial charge in [-0.3, -0.25) is 4.98 Å². The quantitative estimate of drug-likeness (QED) is 0.854. The summed E-state index contributed by atoms with van der Waals surface area (Å²) in [5.41, 5.74) is 2.50. The lowest BCUT2D eigenvalue weighted by atomic mass is 9.83. The van der Waals surface area contributed by atoms with Crippen LogP contribution in [0.15, 0.2) is 18.3 Å². The number of hydrogen-bond donors (Lipinski definition) is 1. The predicted molar refractivity (Wildman–Crippen MR) is 76.5 cm³/mol. The molecule has 0 radical (unpaired) electrons. The fourth-order valence-corrected chi connectivity index (χ4v) is 3.11. The van der Waals surface area contributed by atoms with Gasteiger partial charge < -0.3 is 5.32 Å². The maximum atomic E-state index is 4.47. The molecule has 1 aliphatic rings. The number of rotatable bonds is 5. The molecule has 0 spiro atoms. The van der Waals surface area contributed by atoms with E-state index in [9.17, 15) is 0 Å². The van der Waals surface area contributed by atoms with Crippen LogP contribution in [0.25, 0.3) is 0 Å². The molecule has 1 N–H and O–H groups in total. The Kier molecular flexibility index (Phi) is 5.18. The molecule has 18 heavy (non-hydrogen) atoms. The Balaban J connectivity index is 1.88. The fourth-order valence-electron chi connectivity index (χ4n) is 3.11. The van der Waals surface area contributed by atoms with Gasteiger partial charge in [0, 0.05) is 18.8 Å². The Hall–Kier alpha value is -0.890. The van der Waals surface area contributed by atoms with Crippen LogP contribution in [0, 0.1) is 12.8 Å². The largest absolute Gasteiger partial charge is 0.308 e. The average Bonchev–Trinajstić information content (AvgIpc) is 2.42. The molecule has 0 amide bonds. The van der Waals surface area contributed by atoms with Gasteiger partial charge in [-0.2, -0.15) is 0 Å². The minimum Gasteiger partial charge on any atom is -0.308 e. The van der Waals surface area contributed by atoms with Crippen molar-refractivity contribution in [2.75, 3.05) is 0 Å². The Morgan fingerprint density at radius 3 is 2.78 bits per heavy atom. The molecular formula is C16H26N2. The van der Waals surface area contributed by atoms with Gasteiger partial charge in [-0.1, -0.05) is 32.3 Å². The first kappa shape index (κ1) is 13.5. The van der Waals surface area contributed by atoms with Crippen LogP contribution in [0.3, 0.4) is 0 Å². The number of nitrogens with zero attached hydrogens (tertiary/aromatic N) is 1. The van der Waals surface area contributed by atoms with Gasteiger partial charge in [0.2, 0.25) is 0 Å². The van der Waals surface area contributed by atoms with E-state index < -0.39 is 0 Å². The van der Waals surface area contributed by atoms with Crippen molar-refractivity contribution in [2.45, 2.75) is 65.0 Å². The van der Waals surface area contributed by atoms with Gasteiger partial charge in [0.25, 0.3) is 0 Å². The monoisotopic (exact) mass is 246 g/mol. The Labute approximate surface area is 111 Å². The van der Waals surface area contributed by atoms with Crippen LogP contribution in [0.2, 0.25) is 0 Å². The highest BCUT2D eigenvalue weighted by atomic mass is 14.9. The first-order chi connectivity index (χ1) is 8.81. The molecule has 1 unspecified atom stereocenters. The van der Waals surface area contributed by atoms with Crippen LogP contribution >= 0.6 is 0 Å². The molecule has 1 fully saturated rings. The molecule has 0 aromatic carbocycles. The molecule has 1 heterocycles. The van der Waals surface area contributed by atoms with Gasteiger partial charge >= 0.3 is 0 Å². The van der Waals surface area contributed by atoms with Gasteiger partial charge in [0.05, 0.1) is 5.69 Å². The summed E-state index contributed by atoms with van der Waals surface area (Å²) in [6.07, 6.45) is 10.2. The van der Waals surface area contributed by atoms with Gasteiger partial charge in [-0.05, 0) is 43.7 Å². The topological polar surface area (TPSA) is 24.9 Å². The first-order valence-electron chi connectivity index (χ1n) is 7.45. The summed E-state index contributed by atoms with van der Waals surface area (Å²) in [6.45, 7) is 5.37. The van der Waals surface area contributed by atoms with E-state index in [2.05, 4.69) is 30.2 Å². The number of hydrogen-bond acceptors (Lipinski definition) is 2. The molecule has 1 aromatic rings. The molecule has 1 atom stereocenters. The first-order valence-corrected chi connectivity index (χ1v) is 7.45. The Bertz CT molecular complexity index is 356. The molecule has 100 valence electrons. The van der Waals surface area contributed by atoms with Crippen molar-refractivity contribution in [1.29, 1.82) is 0 Å². The minimum absolute atomic E-state index is 0.673. The second kappa shape index (κ2) is 6.89. The number of pyridine rings is 1. The van der Waals surface area contributed by atoms with Crippen LogP contribution < -0.4 is 5.32 Å². The van der Waals surface area contributed by atoms with E-state index in [4.69, 9.17) is 0 Å². The molecule has 1 aromatic heterocycles. The van der Waals surface area contributed by atoms with Crippen molar-refractivity contribution >= 4 is 0 Å². The zero-order chi connectivity index (χ0) is 12.8. The van der Waals surface area contributed by atoms with Crippen LogP contribution in [-0.2, 0) is 6.54 Å². The van der Waals surface area contributed by atoms with Crippen molar-refractivity contribution < 1.29 is 0 Å². The van der Waals surface area contributed by atoms with E-state index >= 15 is 0 Å². The minimum atomic E-state index is 0.673. The third kappa shape index (κ3) is 3.55. The molecular weight excluding hydrogens is 220 g/mol. The molecule has 1 saturated carbocycles. The predicted octanol–water partition coefficient (Wildman–Crippen LogP) is 3.84. The molecule has 2 nitrogen and oxygen atoms in total. The molecule has 2 heteroatoms. The number of nitrogens with one attached hydrogen (secondary N) is 1. The SMILES string of the molecule is CCC(NCc1ncccc1C)C1CCCCC1. The van der Waals surface area contributed by atoms with Crippen molar-refractivity contribution in [3.63, 3.8) is 0 Å². The van der Waals surface area contributed by atoms with Crippen LogP contribution in [0.1, 0.15) is 56.7 Å². The van der Waals surface area contributed by atoms with Crippen LogP contribution in [-0.4, -0.2) is 11.0 Å². The summed E-state index contributed by atoms with van der Waals surface area (Å²) >= 11 is 0. The van der Waals surface area contributed by atoms with Crippen LogP contribution in [0.4, 0.5) is 0 Å². The van der Waals surface area contributed by atoms with Crippen molar-refractivity contribution in [1.82, 2.24) is 10.3 Å². The lowest BCUT2D eigenvalue weighted by Crippen LogP contribution is -2.36. The molecule has 0 saturated heterocycles. The average molecular weight is 246 g/mol. The summed E-state index contributed by atoms with van der Waals surface area (Å²) in [5.74, 6) is 0.882. The highest BCUT2D eigenvalue weighted by Crippen LogP contribution is 2.27. The van der Waals surface area contributed by atoms with Crippen molar-refractivity contribution in [2.24, 2.45) is 5.92 Å². The fraction of sp³-hybridized carbons (Fsp3) is 0.688. The van der Waals surface area contributed by atoms with Crippen molar-refractivity contribution in [3.8, 4) is 0 Å². The molecule has 2 rings (SSSR count). The zero-order valence-corrected chi connectivity index (χ0v) is 11.8. The standard InChI is InChI=1S/C16H26N2/c1-3-15(14-9-5-4-6-10-14)18-12-16-13(2)8-7-11-17-16/h7-8,11,14-15,18H,3-6,9-10,12H2,1-2H3. The normalized spacial score (nSPS) is 18.8. The summed E-state index contributed by atoms with van der Waals surface area (Å²) < 4.78 is 0. The van der Waals surface area contributed by atoms with Crippen LogP contribution in [0.5, 0.6) is 0 Å². The van der Waals surface area contributed by atoms with Crippen molar-refractivity contribution in [3.05, 3.63) is 29.6 Å². The summed E-state index contributed by atoms with van der Waals surface area (Å²) in [5, 5.41) is 3.73. The molecule has 0 bridgehead atoms. The Morgan fingerprint density at radius 2 is 2.11 bits per heavy atom. The second-order valence-electron chi connectivity index (χ2n) is 5.56. The summed E-state index contributed by atoms with van der Waals surface area (Å²) in [6, 6.07) is 4.83. The summed E-state index contributed by atoms with van der Waals surface area (Å²) in [4.78, 5) is 4.47. The third-order valence-electron chi connectivity index (χ3n) is 4.31. The smallest absolute Gasteiger partial charge is 0.0570 e. The number of aromatic nitrogens is 1. The molecule has 0 aliphatic heterocycles. The van der Waals surface area contributed by atoms with E-state index in [-0.39, 0.29) is 0 Å². The van der Waals surface area contributed by atoms with E-state index in [0.29, 0.717) is 6.04 Å². The third-order valence-corrected chi connectivity index (χ3v) is 4.31. The van der Waals surface area contributed by atoms with Gasteiger partial charge in [0.15, 0.2) is 0 Å². The Morgan fingerprint density at radius 1 is 1.33 bits per heavy atom. The maximum absolute atomic E-state index is 4.47. The lowest BCUT2D eigenvalue weighted by molar-refractivity contribution is 0.261. The lowest BCUT2D eigenvalue weighted by Gasteiger charge is -2.30. The number of aryl methyl sites for hydroxylation is 1. The van der Waals surface area contributed by atoms with Gasteiger partial charge in [-0.25, -0.2) is 0 Å². The van der Waals surface area contributed by atoms with E-state index in [1.165, 1.54) is 49.8 Å². The van der Waals surface area contributed by atoms with Gasteiger partial charge in [0.1, 0.15) is 0 Å². The molecule has 1 aliphatic carbocycles. The zero-order valence-electron chi connectivity index (χ0n) is 11.8. The van der Waals surface area contributed by atoms with E-state index in [1.807, 2.05) is 12.3 Å².